The molecule has 1 saturated heterocycles. The van der Waals surface area contributed by atoms with Gasteiger partial charge in [0.25, 0.3) is 0 Å². The van der Waals surface area contributed by atoms with E-state index in [9.17, 15) is 0 Å². The molecule has 0 N–H and O–H groups in total. The van der Waals surface area contributed by atoms with Crippen molar-refractivity contribution in [3.05, 3.63) is 18.2 Å². The summed E-state index contributed by atoms with van der Waals surface area (Å²) in [6.45, 7) is 2.22. The fourth-order valence-corrected chi connectivity index (χ4v) is 1.81. The van der Waals surface area contributed by atoms with Crippen molar-refractivity contribution in [2.45, 2.75) is 11.9 Å². The van der Waals surface area contributed by atoms with Gasteiger partial charge >= 0.3 is 0 Å². The van der Waals surface area contributed by atoms with Crippen molar-refractivity contribution in [3.8, 4) is 0 Å². The lowest BCUT2D eigenvalue weighted by atomic mass is 10.1. The Labute approximate surface area is 77.0 Å². The highest BCUT2D eigenvalue weighted by atomic mass is 35.5. The first-order chi connectivity index (χ1) is 5.81. The predicted molar refractivity (Wildman–Crippen MR) is 48.3 cm³/mol. The van der Waals surface area contributed by atoms with Gasteiger partial charge in [0.15, 0.2) is 0 Å². The fourth-order valence-electron chi connectivity index (χ4n) is 1.61. The van der Waals surface area contributed by atoms with Crippen LogP contribution < -0.4 is 0 Å². The SMILES string of the molecule is CN1CC(n2cncc2CCl)C1. The Hall–Kier alpha value is -0.540. The highest BCUT2D eigenvalue weighted by molar-refractivity contribution is 6.16. The zero-order valence-corrected chi connectivity index (χ0v) is 7.83. The Kier molecular flexibility index (Phi) is 2.07. The van der Waals surface area contributed by atoms with Gasteiger partial charge < -0.3 is 9.47 Å². The molecule has 1 aromatic heterocycles. The lowest BCUT2D eigenvalue weighted by molar-refractivity contribution is 0.139. The maximum absolute atomic E-state index is 5.76. The molecular formula is C8H12ClN3. The first kappa shape index (κ1) is 8.08. The van der Waals surface area contributed by atoms with Crippen molar-refractivity contribution < 1.29 is 0 Å². The van der Waals surface area contributed by atoms with Gasteiger partial charge in [-0.25, -0.2) is 4.98 Å². The molecule has 0 unspecified atom stereocenters. The van der Waals surface area contributed by atoms with E-state index in [-0.39, 0.29) is 0 Å². The van der Waals surface area contributed by atoms with E-state index in [0.29, 0.717) is 11.9 Å². The fraction of sp³-hybridized carbons (Fsp3) is 0.625. The molecule has 0 aromatic carbocycles. The first-order valence-electron chi connectivity index (χ1n) is 4.06. The highest BCUT2D eigenvalue weighted by Crippen LogP contribution is 2.21. The summed E-state index contributed by atoms with van der Waals surface area (Å²) in [5.41, 5.74) is 1.12. The van der Waals surface area contributed by atoms with Crippen molar-refractivity contribution in [3.63, 3.8) is 0 Å². The molecule has 0 amide bonds. The largest absolute Gasteiger partial charge is 0.328 e. The molecule has 0 bridgehead atoms. The third-order valence-corrected chi connectivity index (χ3v) is 2.60. The second-order valence-corrected chi connectivity index (χ2v) is 3.57. The zero-order chi connectivity index (χ0) is 8.55. The Morgan fingerprint density at radius 1 is 1.67 bits per heavy atom. The van der Waals surface area contributed by atoms with Gasteiger partial charge in [0, 0.05) is 19.3 Å². The number of imidazole rings is 1. The first-order valence-corrected chi connectivity index (χ1v) is 4.60. The van der Waals surface area contributed by atoms with E-state index in [4.69, 9.17) is 11.6 Å². The second-order valence-electron chi connectivity index (χ2n) is 3.30. The number of likely N-dealkylation sites (tertiary alicyclic amines) is 1. The summed E-state index contributed by atoms with van der Waals surface area (Å²) in [7, 11) is 2.12. The highest BCUT2D eigenvalue weighted by Gasteiger charge is 2.25. The molecule has 1 aliphatic rings. The minimum absolute atomic E-state index is 0.556. The summed E-state index contributed by atoms with van der Waals surface area (Å²) in [6, 6.07) is 0.589. The van der Waals surface area contributed by atoms with Crippen LogP contribution in [0.3, 0.4) is 0 Å². The summed E-state index contributed by atoms with van der Waals surface area (Å²) in [6.07, 6.45) is 3.71. The molecule has 66 valence electrons. The average molecular weight is 186 g/mol. The van der Waals surface area contributed by atoms with Crippen molar-refractivity contribution in [2.75, 3.05) is 20.1 Å². The van der Waals surface area contributed by atoms with Crippen molar-refractivity contribution in [1.82, 2.24) is 14.5 Å². The minimum Gasteiger partial charge on any atom is -0.328 e. The van der Waals surface area contributed by atoms with Crippen molar-refractivity contribution in [2.24, 2.45) is 0 Å². The summed E-state index contributed by atoms with van der Waals surface area (Å²) in [4.78, 5) is 6.36. The quantitative estimate of drug-likeness (QED) is 0.644. The normalized spacial score (nSPS) is 19.5. The van der Waals surface area contributed by atoms with Gasteiger partial charge in [-0.2, -0.15) is 0 Å². The van der Waals surface area contributed by atoms with E-state index in [2.05, 4.69) is 21.5 Å². The van der Waals surface area contributed by atoms with Gasteiger partial charge in [0.1, 0.15) is 0 Å². The molecule has 0 radical (unpaired) electrons. The van der Waals surface area contributed by atoms with Crippen LogP contribution in [0.25, 0.3) is 0 Å². The molecule has 12 heavy (non-hydrogen) atoms. The molecule has 1 aliphatic heterocycles. The van der Waals surface area contributed by atoms with Gasteiger partial charge in [-0.15, -0.1) is 11.6 Å². The summed E-state index contributed by atoms with van der Waals surface area (Å²) in [5, 5.41) is 0. The molecule has 3 nitrogen and oxygen atoms in total. The van der Waals surface area contributed by atoms with Gasteiger partial charge in [-0.3, -0.25) is 0 Å². The van der Waals surface area contributed by atoms with Gasteiger partial charge in [-0.05, 0) is 7.05 Å². The molecule has 2 rings (SSSR count). The van der Waals surface area contributed by atoms with Crippen LogP contribution in [-0.4, -0.2) is 34.6 Å². The number of alkyl halides is 1. The van der Waals surface area contributed by atoms with Crippen LogP contribution in [0.15, 0.2) is 12.5 Å². The van der Waals surface area contributed by atoms with E-state index in [1.807, 2.05) is 12.5 Å². The maximum atomic E-state index is 5.76. The number of rotatable bonds is 2. The Balaban J connectivity index is 2.12. The summed E-state index contributed by atoms with van der Waals surface area (Å²) < 4.78 is 2.17. The molecule has 1 aromatic rings. The van der Waals surface area contributed by atoms with Crippen LogP contribution in [-0.2, 0) is 5.88 Å². The molecule has 2 heterocycles. The number of aromatic nitrogens is 2. The monoisotopic (exact) mass is 185 g/mol. The summed E-state index contributed by atoms with van der Waals surface area (Å²) >= 11 is 5.76. The molecule has 4 heteroatoms. The van der Waals surface area contributed by atoms with Crippen LogP contribution in [0.2, 0.25) is 0 Å². The lowest BCUT2D eigenvalue weighted by Gasteiger charge is -2.37. The van der Waals surface area contributed by atoms with Gasteiger partial charge in [0.05, 0.1) is 23.9 Å². The van der Waals surface area contributed by atoms with E-state index < -0.39 is 0 Å². The number of hydrogen-bond donors (Lipinski definition) is 0. The third kappa shape index (κ3) is 1.23. The maximum Gasteiger partial charge on any atom is 0.0952 e. The Morgan fingerprint density at radius 3 is 3.00 bits per heavy atom. The second kappa shape index (κ2) is 3.07. The molecule has 1 fully saturated rings. The van der Waals surface area contributed by atoms with E-state index in [0.717, 1.165) is 18.8 Å². The molecular weight excluding hydrogens is 174 g/mol. The van der Waals surface area contributed by atoms with E-state index >= 15 is 0 Å². The number of likely N-dealkylation sites (N-methyl/N-ethyl adjacent to an activating group) is 1. The van der Waals surface area contributed by atoms with Crippen LogP contribution in [0.4, 0.5) is 0 Å². The van der Waals surface area contributed by atoms with Crippen LogP contribution in [0, 0.1) is 0 Å². The summed E-state index contributed by atoms with van der Waals surface area (Å²) in [5.74, 6) is 0.556. The predicted octanol–water partition coefficient (Wildman–Crippen LogP) is 1.11. The van der Waals surface area contributed by atoms with Crippen molar-refractivity contribution in [1.29, 1.82) is 0 Å². The lowest BCUT2D eigenvalue weighted by Crippen LogP contribution is -2.45. The standard InChI is InChI=1S/C8H12ClN3/c1-11-4-8(5-11)12-6-10-3-7(12)2-9/h3,6,8H,2,4-5H2,1H3. The van der Waals surface area contributed by atoms with E-state index in [1.165, 1.54) is 0 Å². The molecule has 0 atom stereocenters. The minimum atomic E-state index is 0.556. The van der Waals surface area contributed by atoms with Gasteiger partial charge in [-0.1, -0.05) is 0 Å². The molecule has 0 saturated carbocycles. The Bertz CT molecular complexity index is 265. The number of halogens is 1. The third-order valence-electron chi connectivity index (χ3n) is 2.32. The van der Waals surface area contributed by atoms with Crippen molar-refractivity contribution >= 4 is 11.6 Å². The van der Waals surface area contributed by atoms with Gasteiger partial charge in [0.2, 0.25) is 0 Å². The average Bonchev–Trinajstić information content (AvgIpc) is 2.45. The smallest absolute Gasteiger partial charge is 0.0952 e. The van der Waals surface area contributed by atoms with Crippen LogP contribution in [0.5, 0.6) is 0 Å². The van der Waals surface area contributed by atoms with Crippen LogP contribution in [0.1, 0.15) is 11.7 Å². The van der Waals surface area contributed by atoms with E-state index in [1.54, 1.807) is 0 Å². The molecule has 0 aliphatic carbocycles. The Morgan fingerprint density at radius 2 is 2.42 bits per heavy atom. The number of nitrogens with zero attached hydrogens (tertiary/aromatic N) is 3. The topological polar surface area (TPSA) is 21.1 Å². The molecule has 0 spiro atoms. The number of hydrogen-bond acceptors (Lipinski definition) is 2. The van der Waals surface area contributed by atoms with Crippen LogP contribution >= 0.6 is 11.6 Å². The zero-order valence-electron chi connectivity index (χ0n) is 7.07.